The SMILES string of the molecule is CCC(N)(CC)CN1CCC(C)C(OC)C1. The van der Waals surface area contributed by atoms with Gasteiger partial charge in [-0.05, 0) is 31.7 Å². The van der Waals surface area contributed by atoms with Crippen LogP contribution in [0, 0.1) is 5.92 Å². The number of ether oxygens (including phenoxy) is 1. The summed E-state index contributed by atoms with van der Waals surface area (Å²) in [4.78, 5) is 2.47. The molecule has 1 aliphatic rings. The standard InChI is InChI=1S/C13H28N2O/c1-5-13(14,6-2)10-15-8-7-11(3)12(9-15)16-4/h11-12H,5-10,14H2,1-4H3. The van der Waals surface area contributed by atoms with Gasteiger partial charge in [-0.2, -0.15) is 0 Å². The zero-order valence-corrected chi connectivity index (χ0v) is 11.3. The molecule has 0 aromatic heterocycles. The Morgan fingerprint density at radius 3 is 2.50 bits per heavy atom. The minimum Gasteiger partial charge on any atom is -0.380 e. The molecule has 0 aromatic carbocycles. The number of likely N-dealkylation sites (tertiary alicyclic amines) is 1. The lowest BCUT2D eigenvalue weighted by atomic mass is 9.90. The molecule has 0 spiro atoms. The minimum atomic E-state index is -0.0150. The largest absolute Gasteiger partial charge is 0.380 e. The molecule has 0 aliphatic carbocycles. The van der Waals surface area contributed by atoms with Crippen molar-refractivity contribution < 1.29 is 4.74 Å². The predicted octanol–water partition coefficient (Wildman–Crippen LogP) is 1.86. The highest BCUT2D eigenvalue weighted by molar-refractivity contribution is 4.88. The lowest BCUT2D eigenvalue weighted by Gasteiger charge is -2.40. The van der Waals surface area contributed by atoms with Crippen LogP contribution in [0.2, 0.25) is 0 Å². The van der Waals surface area contributed by atoms with Gasteiger partial charge in [0.2, 0.25) is 0 Å². The highest BCUT2D eigenvalue weighted by atomic mass is 16.5. The van der Waals surface area contributed by atoms with E-state index in [9.17, 15) is 0 Å². The first-order valence-corrected chi connectivity index (χ1v) is 6.58. The summed E-state index contributed by atoms with van der Waals surface area (Å²) in [7, 11) is 1.82. The highest BCUT2D eigenvalue weighted by Gasteiger charge is 2.30. The lowest BCUT2D eigenvalue weighted by molar-refractivity contribution is -0.0115. The number of piperidine rings is 1. The zero-order valence-electron chi connectivity index (χ0n) is 11.3. The maximum atomic E-state index is 6.37. The molecular formula is C13H28N2O. The second-order valence-electron chi connectivity index (χ2n) is 5.34. The molecule has 1 aliphatic heterocycles. The van der Waals surface area contributed by atoms with E-state index in [0.29, 0.717) is 12.0 Å². The van der Waals surface area contributed by atoms with Crippen LogP contribution in [0.3, 0.4) is 0 Å². The number of nitrogens with two attached hydrogens (primary N) is 1. The number of nitrogens with zero attached hydrogens (tertiary/aromatic N) is 1. The monoisotopic (exact) mass is 228 g/mol. The summed E-state index contributed by atoms with van der Waals surface area (Å²) < 4.78 is 5.53. The van der Waals surface area contributed by atoms with Crippen molar-refractivity contribution in [3.8, 4) is 0 Å². The number of rotatable bonds is 5. The van der Waals surface area contributed by atoms with Gasteiger partial charge in [0, 0.05) is 25.7 Å². The summed E-state index contributed by atoms with van der Waals surface area (Å²) in [5.74, 6) is 0.677. The number of hydrogen-bond donors (Lipinski definition) is 1. The second-order valence-corrected chi connectivity index (χ2v) is 5.34. The zero-order chi connectivity index (χ0) is 12.2. The summed E-state index contributed by atoms with van der Waals surface area (Å²) >= 11 is 0. The van der Waals surface area contributed by atoms with Crippen molar-refractivity contribution in [2.75, 3.05) is 26.7 Å². The van der Waals surface area contributed by atoms with Crippen molar-refractivity contribution in [2.24, 2.45) is 11.7 Å². The van der Waals surface area contributed by atoms with Crippen LogP contribution in [0.4, 0.5) is 0 Å². The van der Waals surface area contributed by atoms with Gasteiger partial charge in [-0.1, -0.05) is 20.8 Å². The molecule has 1 rings (SSSR count). The van der Waals surface area contributed by atoms with Gasteiger partial charge in [0.1, 0.15) is 0 Å². The third-order valence-corrected chi connectivity index (χ3v) is 4.22. The summed E-state index contributed by atoms with van der Waals surface area (Å²) in [5.41, 5.74) is 6.35. The predicted molar refractivity (Wildman–Crippen MR) is 68.5 cm³/mol. The van der Waals surface area contributed by atoms with Crippen LogP contribution >= 0.6 is 0 Å². The molecule has 1 fully saturated rings. The Kier molecular flexibility index (Phi) is 5.22. The molecule has 3 nitrogen and oxygen atoms in total. The fourth-order valence-electron chi connectivity index (χ4n) is 2.47. The molecule has 2 N–H and O–H groups in total. The molecule has 0 radical (unpaired) electrons. The van der Waals surface area contributed by atoms with Gasteiger partial charge in [0.25, 0.3) is 0 Å². The molecule has 3 heteroatoms. The maximum absolute atomic E-state index is 6.37. The molecule has 0 aromatic rings. The van der Waals surface area contributed by atoms with Crippen molar-refractivity contribution in [3.63, 3.8) is 0 Å². The molecule has 1 saturated heterocycles. The first-order valence-electron chi connectivity index (χ1n) is 6.58. The summed E-state index contributed by atoms with van der Waals surface area (Å²) in [6.07, 6.45) is 3.70. The van der Waals surface area contributed by atoms with Gasteiger partial charge in [0.05, 0.1) is 6.10 Å². The first kappa shape index (κ1) is 13.9. The van der Waals surface area contributed by atoms with Gasteiger partial charge >= 0.3 is 0 Å². The Labute approximate surface area is 100 Å². The van der Waals surface area contributed by atoms with E-state index in [0.717, 1.165) is 25.9 Å². The Hall–Kier alpha value is -0.120. The third-order valence-electron chi connectivity index (χ3n) is 4.22. The second kappa shape index (κ2) is 5.99. The van der Waals surface area contributed by atoms with E-state index in [-0.39, 0.29) is 5.54 Å². The summed E-state index contributed by atoms with van der Waals surface area (Å²) in [6, 6.07) is 0. The third kappa shape index (κ3) is 3.44. The molecule has 1 heterocycles. The molecular weight excluding hydrogens is 200 g/mol. The molecule has 2 atom stereocenters. The van der Waals surface area contributed by atoms with E-state index >= 15 is 0 Å². The number of methoxy groups -OCH3 is 1. The van der Waals surface area contributed by atoms with Gasteiger partial charge in [-0.15, -0.1) is 0 Å². The summed E-state index contributed by atoms with van der Waals surface area (Å²) in [5, 5.41) is 0. The minimum absolute atomic E-state index is 0.0150. The first-order chi connectivity index (χ1) is 7.54. The van der Waals surface area contributed by atoms with Crippen LogP contribution in [0.5, 0.6) is 0 Å². The van der Waals surface area contributed by atoms with Gasteiger partial charge in [-0.3, -0.25) is 4.90 Å². The van der Waals surface area contributed by atoms with Crippen molar-refractivity contribution >= 4 is 0 Å². The molecule has 16 heavy (non-hydrogen) atoms. The van der Waals surface area contributed by atoms with Crippen LogP contribution in [0.1, 0.15) is 40.0 Å². The van der Waals surface area contributed by atoms with Gasteiger partial charge in [-0.25, -0.2) is 0 Å². The molecule has 96 valence electrons. The molecule has 0 amide bonds. The lowest BCUT2D eigenvalue weighted by Crippen LogP contribution is -2.54. The van der Waals surface area contributed by atoms with Crippen molar-refractivity contribution in [2.45, 2.75) is 51.7 Å². The van der Waals surface area contributed by atoms with Gasteiger partial charge < -0.3 is 10.5 Å². The Bertz CT molecular complexity index is 204. The van der Waals surface area contributed by atoms with Crippen molar-refractivity contribution in [1.29, 1.82) is 0 Å². The maximum Gasteiger partial charge on any atom is 0.0724 e. The van der Waals surface area contributed by atoms with Crippen LogP contribution in [0.25, 0.3) is 0 Å². The topological polar surface area (TPSA) is 38.5 Å². The van der Waals surface area contributed by atoms with E-state index < -0.39 is 0 Å². The Morgan fingerprint density at radius 1 is 1.38 bits per heavy atom. The fourth-order valence-corrected chi connectivity index (χ4v) is 2.47. The molecule has 0 bridgehead atoms. The van der Waals surface area contributed by atoms with Gasteiger partial charge in [0.15, 0.2) is 0 Å². The highest BCUT2D eigenvalue weighted by Crippen LogP contribution is 2.22. The normalized spacial score (nSPS) is 28.3. The van der Waals surface area contributed by atoms with E-state index in [1.54, 1.807) is 0 Å². The van der Waals surface area contributed by atoms with E-state index in [4.69, 9.17) is 10.5 Å². The van der Waals surface area contributed by atoms with E-state index in [1.807, 2.05) is 7.11 Å². The van der Waals surface area contributed by atoms with Crippen LogP contribution in [0.15, 0.2) is 0 Å². The Morgan fingerprint density at radius 2 is 2.00 bits per heavy atom. The molecule has 0 saturated carbocycles. The van der Waals surface area contributed by atoms with Crippen molar-refractivity contribution in [1.82, 2.24) is 4.90 Å². The van der Waals surface area contributed by atoms with Crippen molar-refractivity contribution in [3.05, 3.63) is 0 Å². The average molecular weight is 228 g/mol. The quantitative estimate of drug-likeness (QED) is 0.780. The fraction of sp³-hybridized carbons (Fsp3) is 1.00. The molecule has 2 unspecified atom stereocenters. The van der Waals surface area contributed by atoms with E-state index in [2.05, 4.69) is 25.7 Å². The number of hydrogen-bond acceptors (Lipinski definition) is 3. The average Bonchev–Trinajstić information content (AvgIpc) is 2.31. The van der Waals surface area contributed by atoms with Crippen LogP contribution in [-0.2, 0) is 4.74 Å². The van der Waals surface area contributed by atoms with E-state index in [1.165, 1.54) is 13.0 Å². The summed E-state index contributed by atoms with van der Waals surface area (Å²) in [6.45, 7) is 9.86. The smallest absolute Gasteiger partial charge is 0.0724 e. The van der Waals surface area contributed by atoms with Crippen LogP contribution < -0.4 is 5.73 Å². The van der Waals surface area contributed by atoms with Crippen LogP contribution in [-0.4, -0.2) is 43.3 Å². The Balaban J connectivity index is 2.49.